The highest BCUT2D eigenvalue weighted by Gasteiger charge is 2.00. The van der Waals surface area contributed by atoms with E-state index in [-0.39, 0.29) is 0 Å². The van der Waals surface area contributed by atoms with Crippen molar-refractivity contribution in [3.05, 3.63) is 42.9 Å². The first-order valence-corrected chi connectivity index (χ1v) is 5.17. The van der Waals surface area contributed by atoms with Crippen molar-refractivity contribution in [2.24, 2.45) is 5.73 Å². The van der Waals surface area contributed by atoms with Crippen molar-refractivity contribution >= 4 is 0 Å². The van der Waals surface area contributed by atoms with Gasteiger partial charge in [-0.2, -0.15) is 0 Å². The molecule has 0 unspecified atom stereocenters. The van der Waals surface area contributed by atoms with E-state index in [9.17, 15) is 0 Å². The summed E-state index contributed by atoms with van der Waals surface area (Å²) in [6, 6.07) is 10.2. The van der Waals surface area contributed by atoms with Gasteiger partial charge in [0.1, 0.15) is 0 Å². The third-order valence-corrected chi connectivity index (χ3v) is 2.32. The molecule has 0 aliphatic rings. The molecule has 2 rings (SSSR count). The molecule has 15 heavy (non-hydrogen) atoms. The Morgan fingerprint density at radius 3 is 2.73 bits per heavy atom. The Kier molecular flexibility index (Phi) is 3.15. The summed E-state index contributed by atoms with van der Waals surface area (Å²) in [6.07, 6.45) is 4.91. The van der Waals surface area contributed by atoms with Crippen molar-refractivity contribution in [1.82, 2.24) is 9.55 Å². The number of hydrogen-bond acceptors (Lipinski definition) is 2. The lowest BCUT2D eigenvalue weighted by Crippen LogP contribution is -2.03. The van der Waals surface area contributed by atoms with Gasteiger partial charge in [-0.05, 0) is 13.0 Å². The summed E-state index contributed by atoms with van der Waals surface area (Å²) in [5.41, 5.74) is 7.64. The molecule has 0 saturated carbocycles. The van der Waals surface area contributed by atoms with Gasteiger partial charge < -0.3 is 10.3 Å². The van der Waals surface area contributed by atoms with Crippen molar-refractivity contribution in [2.45, 2.75) is 13.0 Å². The standard InChI is InChI=1S/C12H15N3/c13-7-4-8-15-9-12(14-10-15)11-5-2-1-3-6-11/h1-3,5-6,9-10H,4,7-8,13H2. The largest absolute Gasteiger partial charge is 0.337 e. The van der Waals surface area contributed by atoms with Gasteiger partial charge in [0, 0.05) is 18.3 Å². The summed E-state index contributed by atoms with van der Waals surface area (Å²) < 4.78 is 2.08. The van der Waals surface area contributed by atoms with Gasteiger partial charge in [-0.3, -0.25) is 0 Å². The van der Waals surface area contributed by atoms with Gasteiger partial charge in [0.05, 0.1) is 12.0 Å². The first-order valence-electron chi connectivity index (χ1n) is 5.17. The molecular weight excluding hydrogens is 186 g/mol. The smallest absolute Gasteiger partial charge is 0.0953 e. The minimum absolute atomic E-state index is 0.721. The maximum atomic E-state index is 5.46. The zero-order chi connectivity index (χ0) is 10.5. The van der Waals surface area contributed by atoms with Gasteiger partial charge in [0.25, 0.3) is 0 Å². The van der Waals surface area contributed by atoms with Crippen LogP contribution < -0.4 is 5.73 Å². The van der Waals surface area contributed by atoms with Crippen LogP contribution in [0.5, 0.6) is 0 Å². The van der Waals surface area contributed by atoms with E-state index in [0.717, 1.165) is 30.8 Å². The average Bonchev–Trinajstić information content (AvgIpc) is 2.76. The summed E-state index contributed by atoms with van der Waals surface area (Å²) in [7, 11) is 0. The zero-order valence-electron chi connectivity index (χ0n) is 8.63. The molecule has 0 saturated heterocycles. The molecule has 1 aromatic carbocycles. The van der Waals surface area contributed by atoms with E-state index < -0.39 is 0 Å². The van der Waals surface area contributed by atoms with E-state index >= 15 is 0 Å². The van der Waals surface area contributed by atoms with Crippen molar-refractivity contribution < 1.29 is 0 Å². The molecule has 0 bridgehead atoms. The monoisotopic (exact) mass is 201 g/mol. The fraction of sp³-hybridized carbons (Fsp3) is 0.250. The second-order valence-corrected chi connectivity index (χ2v) is 3.50. The minimum atomic E-state index is 0.721. The number of benzene rings is 1. The molecule has 2 N–H and O–H groups in total. The van der Waals surface area contributed by atoms with Crippen LogP contribution in [0.4, 0.5) is 0 Å². The number of hydrogen-bond donors (Lipinski definition) is 1. The third kappa shape index (κ3) is 2.44. The Labute approximate surface area is 89.6 Å². The molecule has 0 fully saturated rings. The van der Waals surface area contributed by atoms with Crippen LogP contribution in [0.25, 0.3) is 11.3 Å². The summed E-state index contributed by atoms with van der Waals surface area (Å²) in [5, 5.41) is 0. The molecule has 3 heteroatoms. The van der Waals surface area contributed by atoms with Crippen molar-refractivity contribution in [3.63, 3.8) is 0 Å². The topological polar surface area (TPSA) is 43.8 Å². The number of rotatable bonds is 4. The fourth-order valence-electron chi connectivity index (χ4n) is 1.51. The fourth-order valence-corrected chi connectivity index (χ4v) is 1.51. The SMILES string of the molecule is NCCCn1cnc(-c2ccccc2)c1. The highest BCUT2D eigenvalue weighted by atomic mass is 15.0. The van der Waals surface area contributed by atoms with Crippen LogP contribution >= 0.6 is 0 Å². The molecule has 1 aromatic heterocycles. The number of nitrogens with zero attached hydrogens (tertiary/aromatic N) is 2. The van der Waals surface area contributed by atoms with Crippen LogP contribution in [0.2, 0.25) is 0 Å². The van der Waals surface area contributed by atoms with E-state index in [1.807, 2.05) is 24.5 Å². The lowest BCUT2D eigenvalue weighted by atomic mass is 10.2. The number of aryl methyl sites for hydroxylation is 1. The molecule has 2 aromatic rings. The lowest BCUT2D eigenvalue weighted by molar-refractivity contribution is 0.650. The normalized spacial score (nSPS) is 10.5. The number of nitrogens with two attached hydrogens (primary N) is 1. The highest BCUT2D eigenvalue weighted by molar-refractivity contribution is 5.57. The van der Waals surface area contributed by atoms with E-state index in [1.165, 1.54) is 0 Å². The Balaban J connectivity index is 2.14. The van der Waals surface area contributed by atoms with Crippen LogP contribution in [0, 0.1) is 0 Å². The minimum Gasteiger partial charge on any atom is -0.337 e. The van der Waals surface area contributed by atoms with Gasteiger partial charge in [0.2, 0.25) is 0 Å². The second kappa shape index (κ2) is 4.75. The molecule has 1 heterocycles. The Hall–Kier alpha value is -1.61. The van der Waals surface area contributed by atoms with E-state index in [4.69, 9.17) is 5.73 Å². The number of aromatic nitrogens is 2. The zero-order valence-corrected chi connectivity index (χ0v) is 8.63. The van der Waals surface area contributed by atoms with Gasteiger partial charge in [0.15, 0.2) is 0 Å². The average molecular weight is 201 g/mol. The molecule has 0 aliphatic carbocycles. The third-order valence-electron chi connectivity index (χ3n) is 2.32. The van der Waals surface area contributed by atoms with E-state index in [2.05, 4.69) is 27.9 Å². The predicted molar refractivity (Wildman–Crippen MR) is 61.3 cm³/mol. The first-order chi connectivity index (χ1) is 7.40. The van der Waals surface area contributed by atoms with Crippen LogP contribution in [-0.2, 0) is 6.54 Å². The Morgan fingerprint density at radius 1 is 1.20 bits per heavy atom. The first kappa shape index (κ1) is 9.93. The summed E-state index contributed by atoms with van der Waals surface area (Å²) in [6.45, 7) is 1.66. The van der Waals surface area contributed by atoms with Crippen LogP contribution in [-0.4, -0.2) is 16.1 Å². The Bertz CT molecular complexity index is 406. The Morgan fingerprint density at radius 2 is 2.00 bits per heavy atom. The van der Waals surface area contributed by atoms with Crippen LogP contribution in [0.1, 0.15) is 6.42 Å². The summed E-state index contributed by atoms with van der Waals surface area (Å²) >= 11 is 0. The van der Waals surface area contributed by atoms with Gasteiger partial charge in [-0.1, -0.05) is 30.3 Å². The molecule has 78 valence electrons. The molecule has 0 aliphatic heterocycles. The molecule has 0 spiro atoms. The second-order valence-electron chi connectivity index (χ2n) is 3.50. The quantitative estimate of drug-likeness (QED) is 0.821. The van der Waals surface area contributed by atoms with Gasteiger partial charge in [-0.25, -0.2) is 4.98 Å². The molecule has 0 atom stereocenters. The van der Waals surface area contributed by atoms with E-state index in [1.54, 1.807) is 0 Å². The number of imidazole rings is 1. The molecular formula is C12H15N3. The molecule has 3 nitrogen and oxygen atoms in total. The van der Waals surface area contributed by atoms with Crippen LogP contribution in [0.15, 0.2) is 42.9 Å². The van der Waals surface area contributed by atoms with Crippen molar-refractivity contribution in [1.29, 1.82) is 0 Å². The van der Waals surface area contributed by atoms with E-state index in [0.29, 0.717) is 0 Å². The van der Waals surface area contributed by atoms with Crippen LogP contribution in [0.3, 0.4) is 0 Å². The predicted octanol–water partition coefficient (Wildman–Crippen LogP) is 1.90. The van der Waals surface area contributed by atoms with Gasteiger partial charge >= 0.3 is 0 Å². The lowest BCUT2D eigenvalue weighted by Gasteiger charge is -1.98. The van der Waals surface area contributed by atoms with Crippen molar-refractivity contribution in [2.75, 3.05) is 6.54 Å². The van der Waals surface area contributed by atoms with Crippen molar-refractivity contribution in [3.8, 4) is 11.3 Å². The summed E-state index contributed by atoms with van der Waals surface area (Å²) in [5.74, 6) is 0. The highest BCUT2D eigenvalue weighted by Crippen LogP contribution is 2.15. The maximum Gasteiger partial charge on any atom is 0.0953 e. The molecule has 0 amide bonds. The molecule has 0 radical (unpaired) electrons. The maximum absolute atomic E-state index is 5.46. The summed E-state index contributed by atoms with van der Waals surface area (Å²) in [4.78, 5) is 4.36. The van der Waals surface area contributed by atoms with Gasteiger partial charge in [-0.15, -0.1) is 0 Å².